The Labute approximate surface area is 128 Å². The fraction of sp³-hybridized carbons (Fsp3) is 0.625. The van der Waals surface area contributed by atoms with Crippen molar-refractivity contribution in [2.24, 2.45) is 0 Å². The molecule has 0 fully saturated rings. The topological polar surface area (TPSA) is 43.0 Å². The normalized spacial score (nSPS) is 14.5. The highest BCUT2D eigenvalue weighted by Gasteiger charge is 2.19. The van der Waals surface area contributed by atoms with Crippen LogP contribution in [-0.4, -0.2) is 59.2 Å². The van der Waals surface area contributed by atoms with E-state index >= 15 is 0 Å². The van der Waals surface area contributed by atoms with Crippen molar-refractivity contribution in [1.29, 1.82) is 0 Å². The van der Waals surface area contributed by atoms with Crippen molar-refractivity contribution in [3.63, 3.8) is 0 Å². The van der Waals surface area contributed by atoms with Crippen LogP contribution in [0.3, 0.4) is 0 Å². The fourth-order valence-corrected chi connectivity index (χ4v) is 2.35. The molecule has 1 N–H and O–H groups in total. The summed E-state index contributed by atoms with van der Waals surface area (Å²) in [7, 11) is 9.13. The smallest absolute Gasteiger partial charge is 0.171 e. The zero-order chi connectivity index (χ0) is 15.8. The van der Waals surface area contributed by atoms with E-state index in [4.69, 9.17) is 14.2 Å². The van der Waals surface area contributed by atoms with E-state index in [2.05, 4.69) is 43.4 Å². The lowest BCUT2D eigenvalue weighted by Gasteiger charge is -2.29. The molecule has 0 amide bonds. The van der Waals surface area contributed by atoms with Crippen molar-refractivity contribution in [2.45, 2.75) is 25.3 Å². The van der Waals surface area contributed by atoms with Crippen LogP contribution in [-0.2, 0) is 9.47 Å². The molecule has 2 unspecified atom stereocenters. The van der Waals surface area contributed by atoms with Crippen molar-refractivity contribution in [3.8, 4) is 5.75 Å². The van der Waals surface area contributed by atoms with Gasteiger partial charge in [0.1, 0.15) is 5.75 Å². The molecule has 0 aliphatic carbocycles. The van der Waals surface area contributed by atoms with E-state index in [1.807, 2.05) is 12.1 Å². The number of ether oxygens (including phenoxy) is 3. The number of nitrogens with zero attached hydrogens (tertiary/aromatic N) is 1. The lowest BCUT2D eigenvalue weighted by atomic mass is 10.1. The molecule has 0 aromatic heterocycles. The molecule has 2 atom stereocenters. The molecule has 0 heterocycles. The van der Waals surface area contributed by atoms with Crippen molar-refractivity contribution in [2.75, 3.05) is 42.0 Å². The van der Waals surface area contributed by atoms with Crippen LogP contribution in [0.15, 0.2) is 24.3 Å². The van der Waals surface area contributed by atoms with Crippen LogP contribution in [0.2, 0.25) is 0 Å². The minimum absolute atomic E-state index is 0.105. The van der Waals surface area contributed by atoms with Gasteiger partial charge in [-0.25, -0.2) is 0 Å². The van der Waals surface area contributed by atoms with E-state index in [0.29, 0.717) is 0 Å². The summed E-state index contributed by atoms with van der Waals surface area (Å²) in [6.45, 7) is 2.85. The fourth-order valence-electron chi connectivity index (χ4n) is 2.35. The molecule has 21 heavy (non-hydrogen) atoms. The van der Waals surface area contributed by atoms with Crippen LogP contribution in [0.1, 0.15) is 18.5 Å². The summed E-state index contributed by atoms with van der Waals surface area (Å²) in [5.41, 5.74) is 1.21. The molecule has 0 saturated heterocycles. The largest absolute Gasteiger partial charge is 0.497 e. The van der Waals surface area contributed by atoms with Gasteiger partial charge in [-0.15, -0.1) is 0 Å². The Morgan fingerprint density at radius 1 is 1.14 bits per heavy atom. The summed E-state index contributed by atoms with van der Waals surface area (Å²) in [5, 5.41) is 3.47. The molecule has 0 radical (unpaired) electrons. The molecular weight excluding hydrogens is 268 g/mol. The van der Waals surface area contributed by atoms with Crippen molar-refractivity contribution in [3.05, 3.63) is 29.8 Å². The average molecular weight is 296 g/mol. The predicted molar refractivity (Wildman–Crippen MR) is 84.7 cm³/mol. The lowest BCUT2D eigenvalue weighted by Crippen LogP contribution is -2.43. The maximum absolute atomic E-state index is 5.30. The summed E-state index contributed by atoms with van der Waals surface area (Å²) in [6, 6.07) is 8.51. The molecule has 0 aliphatic heterocycles. The van der Waals surface area contributed by atoms with Crippen LogP contribution in [0.4, 0.5) is 0 Å². The minimum atomic E-state index is -0.252. The van der Waals surface area contributed by atoms with Gasteiger partial charge in [0.25, 0.3) is 0 Å². The van der Waals surface area contributed by atoms with Gasteiger partial charge in [0.15, 0.2) is 6.29 Å². The number of hydrogen-bond donors (Lipinski definition) is 1. The van der Waals surface area contributed by atoms with Crippen LogP contribution in [0.25, 0.3) is 0 Å². The third-order valence-electron chi connectivity index (χ3n) is 3.61. The first-order valence-corrected chi connectivity index (χ1v) is 7.12. The number of methoxy groups -OCH3 is 3. The summed E-state index contributed by atoms with van der Waals surface area (Å²) in [6.07, 6.45) is -0.252. The summed E-state index contributed by atoms with van der Waals surface area (Å²) in [5.74, 6) is 0.874. The van der Waals surface area contributed by atoms with Crippen molar-refractivity contribution in [1.82, 2.24) is 10.2 Å². The molecule has 0 aliphatic rings. The Bertz CT molecular complexity index is 408. The van der Waals surface area contributed by atoms with Crippen LogP contribution in [0.5, 0.6) is 5.75 Å². The van der Waals surface area contributed by atoms with E-state index in [0.717, 1.165) is 12.3 Å². The second kappa shape index (κ2) is 9.00. The highest BCUT2D eigenvalue weighted by atomic mass is 16.7. The first-order valence-electron chi connectivity index (χ1n) is 7.12. The molecular formula is C16H28N2O3. The van der Waals surface area contributed by atoms with Gasteiger partial charge in [-0.2, -0.15) is 0 Å². The van der Waals surface area contributed by atoms with Crippen molar-refractivity contribution < 1.29 is 14.2 Å². The zero-order valence-corrected chi connectivity index (χ0v) is 13.9. The molecule has 0 saturated carbocycles. The molecule has 1 rings (SSSR count). The molecule has 0 bridgehead atoms. The second-order valence-corrected chi connectivity index (χ2v) is 5.29. The highest BCUT2D eigenvalue weighted by molar-refractivity contribution is 5.30. The van der Waals surface area contributed by atoms with E-state index in [-0.39, 0.29) is 18.4 Å². The summed E-state index contributed by atoms with van der Waals surface area (Å²) < 4.78 is 15.9. The maximum atomic E-state index is 5.30. The van der Waals surface area contributed by atoms with Crippen LogP contribution < -0.4 is 10.1 Å². The Morgan fingerprint density at radius 2 is 1.81 bits per heavy atom. The first kappa shape index (κ1) is 17.9. The Balaban J connectivity index is 2.74. The highest BCUT2D eigenvalue weighted by Crippen LogP contribution is 2.22. The number of benzene rings is 1. The molecule has 5 nitrogen and oxygen atoms in total. The van der Waals surface area contributed by atoms with Gasteiger partial charge >= 0.3 is 0 Å². The SMILES string of the molecule is COc1cccc(C(CNC(C)C(OC)OC)N(C)C)c1. The second-order valence-electron chi connectivity index (χ2n) is 5.29. The number of likely N-dealkylation sites (N-methyl/N-ethyl adjacent to an activating group) is 1. The standard InChI is InChI=1S/C16H28N2O3/c1-12(16(20-5)21-6)17-11-15(18(2)3)13-8-7-9-14(10-13)19-4/h7-10,12,15-17H,11H2,1-6H3. The van der Waals surface area contributed by atoms with Gasteiger partial charge in [-0.05, 0) is 38.7 Å². The van der Waals surface area contributed by atoms with Crippen LogP contribution in [0, 0.1) is 0 Å². The Hall–Kier alpha value is -1.14. The Kier molecular flexibility index (Phi) is 7.67. The predicted octanol–water partition coefficient (Wildman–Crippen LogP) is 1.89. The lowest BCUT2D eigenvalue weighted by molar-refractivity contribution is -0.119. The summed E-state index contributed by atoms with van der Waals surface area (Å²) in [4.78, 5) is 2.18. The maximum Gasteiger partial charge on any atom is 0.171 e. The molecule has 120 valence electrons. The third kappa shape index (κ3) is 5.28. The van der Waals surface area contributed by atoms with Gasteiger partial charge in [-0.3, -0.25) is 0 Å². The average Bonchev–Trinajstić information content (AvgIpc) is 2.48. The zero-order valence-electron chi connectivity index (χ0n) is 13.9. The molecule has 0 spiro atoms. The van der Waals surface area contributed by atoms with Gasteiger partial charge < -0.3 is 24.4 Å². The monoisotopic (exact) mass is 296 g/mol. The van der Waals surface area contributed by atoms with Gasteiger partial charge in [0.2, 0.25) is 0 Å². The van der Waals surface area contributed by atoms with Gasteiger partial charge in [-0.1, -0.05) is 12.1 Å². The van der Waals surface area contributed by atoms with E-state index in [1.165, 1.54) is 5.56 Å². The van der Waals surface area contributed by atoms with Gasteiger partial charge in [0.05, 0.1) is 13.2 Å². The van der Waals surface area contributed by atoms with Crippen LogP contribution >= 0.6 is 0 Å². The quantitative estimate of drug-likeness (QED) is 0.705. The number of hydrogen-bond acceptors (Lipinski definition) is 5. The Morgan fingerprint density at radius 3 is 2.33 bits per heavy atom. The van der Waals surface area contributed by atoms with E-state index < -0.39 is 0 Å². The number of rotatable bonds is 9. The molecule has 5 heteroatoms. The van der Waals surface area contributed by atoms with Gasteiger partial charge in [0, 0.05) is 26.8 Å². The number of nitrogens with one attached hydrogen (secondary N) is 1. The van der Waals surface area contributed by atoms with E-state index in [9.17, 15) is 0 Å². The molecule has 1 aromatic rings. The molecule has 1 aromatic carbocycles. The van der Waals surface area contributed by atoms with E-state index in [1.54, 1.807) is 21.3 Å². The minimum Gasteiger partial charge on any atom is -0.497 e. The van der Waals surface area contributed by atoms with Crippen molar-refractivity contribution >= 4 is 0 Å². The first-order chi connectivity index (χ1) is 10.0. The third-order valence-corrected chi connectivity index (χ3v) is 3.61. The summed E-state index contributed by atoms with van der Waals surface area (Å²) >= 11 is 0.